The Bertz CT molecular complexity index is 821. The highest BCUT2D eigenvalue weighted by molar-refractivity contribution is 6.33. The van der Waals surface area contributed by atoms with Crippen LogP contribution in [0.2, 0.25) is 5.02 Å². The van der Waals surface area contributed by atoms with Crippen molar-refractivity contribution < 1.29 is 4.42 Å². The van der Waals surface area contributed by atoms with Crippen molar-refractivity contribution in [1.82, 2.24) is 10.3 Å². The average Bonchev–Trinajstić information content (AvgIpc) is 3.22. The molecule has 1 fully saturated rings. The minimum Gasteiger partial charge on any atom is -0.436 e. The molecule has 0 unspecified atom stereocenters. The first-order chi connectivity index (χ1) is 11.3. The molecule has 1 heterocycles. The highest BCUT2D eigenvalue weighted by atomic mass is 35.5. The Labute approximate surface area is 140 Å². The van der Waals surface area contributed by atoms with Gasteiger partial charge in [0.1, 0.15) is 5.52 Å². The van der Waals surface area contributed by atoms with Crippen molar-refractivity contribution in [3.05, 3.63) is 53.1 Å². The van der Waals surface area contributed by atoms with Gasteiger partial charge in [-0.1, -0.05) is 42.6 Å². The molecule has 0 spiro atoms. The SMILES string of the molecule is Clc1ccccc1-c1nc2cc(CNC3CCCC3)ccc2o1. The Morgan fingerprint density at radius 1 is 1.13 bits per heavy atom. The highest BCUT2D eigenvalue weighted by Crippen LogP contribution is 2.30. The minimum absolute atomic E-state index is 0.575. The van der Waals surface area contributed by atoms with Gasteiger partial charge in [0.2, 0.25) is 5.89 Å². The maximum absolute atomic E-state index is 6.23. The van der Waals surface area contributed by atoms with Gasteiger partial charge in [-0.25, -0.2) is 4.98 Å². The van der Waals surface area contributed by atoms with Crippen molar-refractivity contribution >= 4 is 22.7 Å². The fraction of sp³-hybridized carbons (Fsp3) is 0.316. The molecular weight excluding hydrogens is 308 g/mol. The number of fused-ring (bicyclic) bond motifs is 1. The molecule has 118 valence electrons. The predicted octanol–water partition coefficient (Wildman–Crippen LogP) is 5.18. The van der Waals surface area contributed by atoms with Gasteiger partial charge in [-0.3, -0.25) is 0 Å². The van der Waals surface area contributed by atoms with Crippen molar-refractivity contribution in [3.63, 3.8) is 0 Å². The molecule has 4 heteroatoms. The second-order valence-corrected chi connectivity index (χ2v) is 6.57. The van der Waals surface area contributed by atoms with E-state index in [0.717, 1.165) is 23.2 Å². The maximum atomic E-state index is 6.23. The van der Waals surface area contributed by atoms with Crippen molar-refractivity contribution in [2.75, 3.05) is 0 Å². The van der Waals surface area contributed by atoms with Gasteiger partial charge >= 0.3 is 0 Å². The van der Waals surface area contributed by atoms with Crippen LogP contribution in [0.4, 0.5) is 0 Å². The topological polar surface area (TPSA) is 38.1 Å². The summed E-state index contributed by atoms with van der Waals surface area (Å²) in [5.41, 5.74) is 3.74. The number of halogens is 1. The van der Waals surface area contributed by atoms with E-state index in [9.17, 15) is 0 Å². The molecule has 1 N–H and O–H groups in total. The lowest BCUT2D eigenvalue weighted by Gasteiger charge is -2.11. The summed E-state index contributed by atoms with van der Waals surface area (Å²) in [6.45, 7) is 0.884. The van der Waals surface area contributed by atoms with Crippen LogP contribution in [0, 0.1) is 0 Å². The average molecular weight is 327 g/mol. The van der Waals surface area contributed by atoms with Gasteiger partial charge in [0.15, 0.2) is 5.58 Å². The molecule has 4 rings (SSSR count). The molecule has 1 aromatic heterocycles. The molecule has 1 saturated carbocycles. The monoisotopic (exact) mass is 326 g/mol. The van der Waals surface area contributed by atoms with E-state index in [0.29, 0.717) is 17.0 Å². The molecule has 0 saturated heterocycles. The fourth-order valence-electron chi connectivity index (χ4n) is 3.22. The van der Waals surface area contributed by atoms with E-state index in [1.54, 1.807) is 0 Å². The summed E-state index contributed by atoms with van der Waals surface area (Å²) in [5.74, 6) is 0.575. The third-order valence-electron chi connectivity index (χ3n) is 4.51. The van der Waals surface area contributed by atoms with E-state index >= 15 is 0 Å². The summed E-state index contributed by atoms with van der Waals surface area (Å²) >= 11 is 6.23. The van der Waals surface area contributed by atoms with E-state index in [2.05, 4.69) is 22.4 Å². The molecule has 3 nitrogen and oxygen atoms in total. The van der Waals surface area contributed by atoms with Crippen LogP contribution in [0.1, 0.15) is 31.2 Å². The number of aromatic nitrogens is 1. The first-order valence-electron chi connectivity index (χ1n) is 8.17. The molecule has 23 heavy (non-hydrogen) atoms. The van der Waals surface area contributed by atoms with Crippen LogP contribution in [0.15, 0.2) is 46.9 Å². The van der Waals surface area contributed by atoms with E-state index in [1.165, 1.54) is 31.2 Å². The summed E-state index contributed by atoms with van der Waals surface area (Å²) in [6.07, 6.45) is 5.29. The predicted molar refractivity (Wildman–Crippen MR) is 93.6 cm³/mol. The minimum atomic E-state index is 0.575. The molecular formula is C19H19ClN2O. The van der Waals surface area contributed by atoms with E-state index in [-0.39, 0.29) is 0 Å². The van der Waals surface area contributed by atoms with Crippen LogP contribution in [0.5, 0.6) is 0 Å². The Balaban J connectivity index is 1.58. The quantitative estimate of drug-likeness (QED) is 0.717. The van der Waals surface area contributed by atoms with Crippen molar-refractivity contribution in [2.24, 2.45) is 0 Å². The smallest absolute Gasteiger partial charge is 0.228 e. The van der Waals surface area contributed by atoms with Gasteiger partial charge in [0.25, 0.3) is 0 Å². The normalized spacial score (nSPS) is 15.5. The Morgan fingerprint density at radius 2 is 1.96 bits per heavy atom. The molecule has 0 amide bonds. The number of benzene rings is 2. The standard InChI is InChI=1S/C19H19ClN2O/c20-16-8-4-3-7-15(16)19-22-17-11-13(9-10-18(17)23-19)12-21-14-5-1-2-6-14/h3-4,7-11,14,21H,1-2,5-6,12H2. The second kappa shape index (κ2) is 6.34. The zero-order valence-electron chi connectivity index (χ0n) is 12.9. The largest absolute Gasteiger partial charge is 0.436 e. The summed E-state index contributed by atoms with van der Waals surface area (Å²) in [7, 11) is 0. The fourth-order valence-corrected chi connectivity index (χ4v) is 3.44. The van der Waals surface area contributed by atoms with Gasteiger partial charge in [0.05, 0.1) is 10.6 Å². The first-order valence-corrected chi connectivity index (χ1v) is 8.55. The van der Waals surface area contributed by atoms with E-state index in [1.807, 2.05) is 30.3 Å². The Morgan fingerprint density at radius 3 is 2.78 bits per heavy atom. The van der Waals surface area contributed by atoms with Crippen LogP contribution in [-0.2, 0) is 6.54 Å². The van der Waals surface area contributed by atoms with Crippen LogP contribution in [0.25, 0.3) is 22.6 Å². The molecule has 3 aromatic rings. The summed E-state index contributed by atoms with van der Waals surface area (Å²) in [5, 5.41) is 4.29. The van der Waals surface area contributed by atoms with Crippen LogP contribution in [0.3, 0.4) is 0 Å². The molecule has 0 radical (unpaired) electrons. The van der Waals surface area contributed by atoms with Gasteiger partial charge in [0, 0.05) is 12.6 Å². The van der Waals surface area contributed by atoms with Crippen molar-refractivity contribution in [2.45, 2.75) is 38.3 Å². The third-order valence-corrected chi connectivity index (χ3v) is 4.84. The molecule has 1 aliphatic rings. The van der Waals surface area contributed by atoms with Gasteiger partial charge in [-0.15, -0.1) is 0 Å². The second-order valence-electron chi connectivity index (χ2n) is 6.16. The third kappa shape index (κ3) is 3.12. The summed E-state index contributed by atoms with van der Waals surface area (Å²) in [6, 6.07) is 14.5. The zero-order chi connectivity index (χ0) is 15.6. The summed E-state index contributed by atoms with van der Waals surface area (Å²) < 4.78 is 5.85. The molecule has 0 aliphatic heterocycles. The lowest BCUT2D eigenvalue weighted by molar-refractivity contribution is 0.524. The lowest BCUT2D eigenvalue weighted by Crippen LogP contribution is -2.25. The van der Waals surface area contributed by atoms with E-state index < -0.39 is 0 Å². The van der Waals surface area contributed by atoms with Crippen LogP contribution >= 0.6 is 11.6 Å². The first kappa shape index (κ1) is 14.7. The zero-order valence-corrected chi connectivity index (χ0v) is 13.6. The number of oxazole rings is 1. The van der Waals surface area contributed by atoms with Crippen LogP contribution in [-0.4, -0.2) is 11.0 Å². The van der Waals surface area contributed by atoms with Gasteiger partial charge < -0.3 is 9.73 Å². The number of rotatable bonds is 4. The number of hydrogen-bond donors (Lipinski definition) is 1. The van der Waals surface area contributed by atoms with Gasteiger partial charge in [-0.05, 0) is 42.7 Å². The Kier molecular flexibility index (Phi) is 4.06. The maximum Gasteiger partial charge on any atom is 0.228 e. The molecule has 0 bridgehead atoms. The van der Waals surface area contributed by atoms with Crippen LogP contribution < -0.4 is 5.32 Å². The van der Waals surface area contributed by atoms with Crippen molar-refractivity contribution in [1.29, 1.82) is 0 Å². The molecule has 2 aromatic carbocycles. The summed E-state index contributed by atoms with van der Waals surface area (Å²) in [4.78, 5) is 4.61. The van der Waals surface area contributed by atoms with Crippen molar-refractivity contribution in [3.8, 4) is 11.5 Å². The molecule has 1 aliphatic carbocycles. The van der Waals surface area contributed by atoms with E-state index in [4.69, 9.17) is 16.0 Å². The Hall–Kier alpha value is -1.84. The lowest BCUT2D eigenvalue weighted by atomic mass is 10.2. The number of nitrogens with zero attached hydrogens (tertiary/aromatic N) is 1. The number of nitrogens with one attached hydrogen (secondary N) is 1. The molecule has 0 atom stereocenters. The van der Waals surface area contributed by atoms with Gasteiger partial charge in [-0.2, -0.15) is 0 Å². The number of hydrogen-bond acceptors (Lipinski definition) is 3. The highest BCUT2D eigenvalue weighted by Gasteiger charge is 2.15.